The average molecular weight is 245 g/mol. The molecule has 0 radical (unpaired) electrons. The molecule has 0 saturated heterocycles. The monoisotopic (exact) mass is 245 g/mol. The van der Waals surface area contributed by atoms with Crippen LogP contribution in [0.25, 0.3) is 0 Å². The van der Waals surface area contributed by atoms with Crippen molar-refractivity contribution in [1.82, 2.24) is 0 Å². The number of hydrogen-bond acceptors (Lipinski definition) is 4. The van der Waals surface area contributed by atoms with Crippen molar-refractivity contribution in [2.75, 3.05) is 19.8 Å². The highest BCUT2D eigenvalue weighted by Crippen LogP contribution is 2.38. The summed E-state index contributed by atoms with van der Waals surface area (Å²) >= 11 is 0. The number of carboxylic acids is 1. The molecule has 0 aliphatic heterocycles. The summed E-state index contributed by atoms with van der Waals surface area (Å²) in [7, 11) is 0. The number of carbonyl (C=O) groups is 1. The van der Waals surface area contributed by atoms with E-state index < -0.39 is 11.5 Å². The van der Waals surface area contributed by atoms with Gasteiger partial charge in [0, 0.05) is 0 Å². The molecule has 1 aliphatic rings. The van der Waals surface area contributed by atoms with Crippen molar-refractivity contribution in [1.29, 1.82) is 0 Å². The van der Waals surface area contributed by atoms with E-state index in [1.54, 1.807) is 0 Å². The SMILES string of the molecule is CC(C)(C)OCCOCC(N)(C(=O)O)C1CC1. The lowest BCUT2D eigenvalue weighted by Gasteiger charge is -2.25. The van der Waals surface area contributed by atoms with Crippen molar-refractivity contribution in [2.24, 2.45) is 11.7 Å². The maximum absolute atomic E-state index is 11.1. The summed E-state index contributed by atoms with van der Waals surface area (Å²) < 4.78 is 10.8. The number of aliphatic carboxylic acids is 1. The third kappa shape index (κ3) is 4.61. The smallest absolute Gasteiger partial charge is 0.326 e. The average Bonchev–Trinajstić information content (AvgIpc) is 2.97. The zero-order valence-electron chi connectivity index (χ0n) is 10.9. The summed E-state index contributed by atoms with van der Waals surface area (Å²) in [5.41, 5.74) is 4.43. The standard InChI is InChI=1S/C12H23NO4/c1-11(2,3)17-7-6-16-8-12(13,10(14)15)9-4-5-9/h9H,4-8,13H2,1-3H3,(H,14,15). The number of nitrogens with two attached hydrogens (primary N) is 1. The van der Waals surface area contributed by atoms with Gasteiger partial charge in [-0.25, -0.2) is 0 Å². The molecule has 0 aromatic carbocycles. The summed E-state index contributed by atoms with van der Waals surface area (Å²) in [5, 5.41) is 9.09. The van der Waals surface area contributed by atoms with E-state index in [0.717, 1.165) is 12.8 Å². The van der Waals surface area contributed by atoms with Crippen molar-refractivity contribution in [3.05, 3.63) is 0 Å². The summed E-state index contributed by atoms with van der Waals surface area (Å²) in [6.07, 6.45) is 1.76. The van der Waals surface area contributed by atoms with Crippen LogP contribution < -0.4 is 5.73 Å². The van der Waals surface area contributed by atoms with Crippen LogP contribution in [0.2, 0.25) is 0 Å². The summed E-state index contributed by atoms with van der Waals surface area (Å²) in [6, 6.07) is 0. The Morgan fingerprint density at radius 3 is 2.35 bits per heavy atom. The summed E-state index contributed by atoms with van der Waals surface area (Å²) in [4.78, 5) is 11.1. The van der Waals surface area contributed by atoms with E-state index in [1.165, 1.54) is 0 Å². The van der Waals surface area contributed by atoms with Gasteiger partial charge in [-0.05, 0) is 39.5 Å². The molecule has 1 fully saturated rings. The highest BCUT2D eigenvalue weighted by molar-refractivity contribution is 5.79. The first-order valence-corrected chi connectivity index (χ1v) is 6.00. The molecule has 1 saturated carbocycles. The van der Waals surface area contributed by atoms with Gasteiger partial charge in [0.25, 0.3) is 0 Å². The van der Waals surface area contributed by atoms with Crippen molar-refractivity contribution in [3.63, 3.8) is 0 Å². The predicted octanol–water partition coefficient (Wildman–Crippen LogP) is 1.01. The van der Waals surface area contributed by atoms with Gasteiger partial charge in [-0.15, -0.1) is 0 Å². The molecule has 5 nitrogen and oxygen atoms in total. The van der Waals surface area contributed by atoms with Gasteiger partial charge in [0.15, 0.2) is 0 Å². The minimum atomic E-state index is -1.22. The number of rotatable bonds is 7. The van der Waals surface area contributed by atoms with Crippen molar-refractivity contribution < 1.29 is 19.4 Å². The molecular weight excluding hydrogens is 222 g/mol. The Hall–Kier alpha value is -0.650. The highest BCUT2D eigenvalue weighted by atomic mass is 16.5. The van der Waals surface area contributed by atoms with Gasteiger partial charge >= 0.3 is 5.97 Å². The van der Waals surface area contributed by atoms with E-state index in [4.69, 9.17) is 20.3 Å². The Morgan fingerprint density at radius 2 is 1.94 bits per heavy atom. The molecule has 1 atom stereocenters. The van der Waals surface area contributed by atoms with Gasteiger partial charge < -0.3 is 20.3 Å². The van der Waals surface area contributed by atoms with E-state index >= 15 is 0 Å². The second-order valence-electron chi connectivity index (χ2n) is 5.63. The molecule has 3 N–H and O–H groups in total. The van der Waals surface area contributed by atoms with Crippen LogP contribution in [0.15, 0.2) is 0 Å². The molecule has 100 valence electrons. The fourth-order valence-corrected chi connectivity index (χ4v) is 1.60. The summed E-state index contributed by atoms with van der Waals surface area (Å²) in [5.74, 6) is -0.916. The maximum Gasteiger partial charge on any atom is 0.326 e. The van der Waals surface area contributed by atoms with Gasteiger partial charge in [-0.3, -0.25) is 4.79 Å². The minimum Gasteiger partial charge on any atom is -0.480 e. The molecule has 17 heavy (non-hydrogen) atoms. The van der Waals surface area contributed by atoms with Crippen molar-refractivity contribution in [3.8, 4) is 0 Å². The van der Waals surface area contributed by atoms with Crippen LogP contribution in [0, 0.1) is 5.92 Å². The molecule has 0 aromatic rings. The Bertz CT molecular complexity index is 270. The molecule has 0 aromatic heterocycles. The first kappa shape index (κ1) is 14.4. The van der Waals surface area contributed by atoms with E-state index in [2.05, 4.69) is 0 Å². The lowest BCUT2D eigenvalue weighted by atomic mass is 9.96. The lowest BCUT2D eigenvalue weighted by Crippen LogP contribution is -2.54. The molecule has 0 bridgehead atoms. The normalized spacial score (nSPS) is 20.0. The number of carboxylic acid groups (broad SMARTS) is 1. The zero-order chi connectivity index (χ0) is 13.1. The molecule has 0 heterocycles. The van der Waals surface area contributed by atoms with Crippen LogP contribution in [-0.2, 0) is 14.3 Å². The minimum absolute atomic E-state index is 0.0561. The summed E-state index contributed by atoms with van der Waals surface area (Å²) in [6.45, 7) is 6.76. The van der Waals surface area contributed by atoms with Crippen LogP contribution in [0.4, 0.5) is 0 Å². The Balaban J connectivity index is 2.22. The van der Waals surface area contributed by atoms with Crippen LogP contribution in [0.5, 0.6) is 0 Å². The Labute approximate surface area is 102 Å². The number of hydrogen-bond donors (Lipinski definition) is 2. The predicted molar refractivity (Wildman–Crippen MR) is 63.8 cm³/mol. The highest BCUT2D eigenvalue weighted by Gasteiger charge is 2.48. The molecule has 1 rings (SSSR count). The molecule has 0 spiro atoms. The van der Waals surface area contributed by atoms with Gasteiger partial charge in [0.1, 0.15) is 5.54 Å². The quantitative estimate of drug-likeness (QED) is 0.654. The lowest BCUT2D eigenvalue weighted by molar-refractivity contribution is -0.147. The third-order valence-corrected chi connectivity index (χ3v) is 2.81. The second kappa shape index (κ2) is 5.33. The van der Waals surface area contributed by atoms with Crippen LogP contribution in [0.1, 0.15) is 33.6 Å². The Morgan fingerprint density at radius 1 is 1.35 bits per heavy atom. The fourth-order valence-electron chi connectivity index (χ4n) is 1.60. The van der Waals surface area contributed by atoms with E-state index in [-0.39, 0.29) is 18.1 Å². The van der Waals surface area contributed by atoms with Gasteiger partial charge in [-0.2, -0.15) is 0 Å². The topological polar surface area (TPSA) is 81.8 Å². The molecular formula is C12H23NO4. The third-order valence-electron chi connectivity index (χ3n) is 2.81. The molecule has 1 unspecified atom stereocenters. The number of ether oxygens (including phenoxy) is 2. The molecule has 1 aliphatic carbocycles. The van der Waals surface area contributed by atoms with Crippen molar-refractivity contribution in [2.45, 2.75) is 44.8 Å². The van der Waals surface area contributed by atoms with Gasteiger partial charge in [0.05, 0.1) is 25.4 Å². The second-order valence-corrected chi connectivity index (χ2v) is 5.63. The van der Waals surface area contributed by atoms with Crippen LogP contribution >= 0.6 is 0 Å². The fraction of sp³-hybridized carbons (Fsp3) is 0.917. The van der Waals surface area contributed by atoms with Gasteiger partial charge in [0.2, 0.25) is 0 Å². The van der Waals surface area contributed by atoms with Crippen LogP contribution in [0.3, 0.4) is 0 Å². The first-order chi connectivity index (χ1) is 7.76. The Kier molecular flexibility index (Phi) is 4.52. The first-order valence-electron chi connectivity index (χ1n) is 6.00. The zero-order valence-corrected chi connectivity index (χ0v) is 10.9. The molecule has 0 amide bonds. The van der Waals surface area contributed by atoms with Gasteiger partial charge in [-0.1, -0.05) is 0 Å². The molecule has 5 heteroatoms. The maximum atomic E-state index is 11.1. The van der Waals surface area contributed by atoms with Crippen LogP contribution in [-0.4, -0.2) is 42.0 Å². The van der Waals surface area contributed by atoms with Crippen molar-refractivity contribution >= 4 is 5.97 Å². The largest absolute Gasteiger partial charge is 0.480 e. The van der Waals surface area contributed by atoms with E-state index in [1.807, 2.05) is 20.8 Å². The van der Waals surface area contributed by atoms with E-state index in [0.29, 0.717) is 13.2 Å². The van der Waals surface area contributed by atoms with E-state index in [9.17, 15) is 4.79 Å².